The molecule has 0 heterocycles. The molecule has 19 heavy (non-hydrogen) atoms. The normalized spacial score (nSPS) is 26.2. The summed E-state index contributed by atoms with van der Waals surface area (Å²) in [5.74, 6) is 0. The van der Waals surface area contributed by atoms with Crippen molar-refractivity contribution in [3.8, 4) is 0 Å². The largest absolute Gasteiger partial charge is 0.390 e. The fourth-order valence-corrected chi connectivity index (χ4v) is 2.21. The Bertz CT molecular complexity index is 399. The van der Waals surface area contributed by atoms with Crippen molar-refractivity contribution in [1.29, 1.82) is 0 Å². The molecule has 0 spiro atoms. The minimum Gasteiger partial charge on any atom is -0.390 e. The van der Waals surface area contributed by atoms with Crippen molar-refractivity contribution >= 4 is 11.6 Å². The van der Waals surface area contributed by atoms with Crippen LogP contribution >= 0.6 is 11.6 Å². The zero-order valence-electron chi connectivity index (χ0n) is 10.9. The van der Waals surface area contributed by atoms with E-state index in [2.05, 4.69) is 0 Å². The van der Waals surface area contributed by atoms with Crippen molar-refractivity contribution in [2.75, 3.05) is 20.3 Å². The van der Waals surface area contributed by atoms with Crippen LogP contribution in [0.3, 0.4) is 0 Å². The van der Waals surface area contributed by atoms with E-state index in [4.69, 9.17) is 25.8 Å². The number of aliphatic hydroxyl groups excluding tert-OH is 1. The van der Waals surface area contributed by atoms with Gasteiger partial charge in [-0.2, -0.15) is 0 Å². The fourth-order valence-electron chi connectivity index (χ4n) is 2.02. The summed E-state index contributed by atoms with van der Waals surface area (Å²) in [7, 11) is 1.62. The van der Waals surface area contributed by atoms with E-state index in [9.17, 15) is 5.11 Å². The molecule has 5 heteroatoms. The number of rotatable bonds is 7. The highest BCUT2D eigenvalue weighted by molar-refractivity contribution is 6.31. The predicted octanol–water partition coefficient (Wildman–Crippen LogP) is 2.02. The van der Waals surface area contributed by atoms with Crippen LogP contribution in [-0.4, -0.2) is 43.7 Å². The molecule has 1 aliphatic carbocycles. The number of hydrogen-bond acceptors (Lipinski definition) is 4. The van der Waals surface area contributed by atoms with Gasteiger partial charge < -0.3 is 19.3 Å². The average Bonchev–Trinajstić information content (AvgIpc) is 2.41. The minimum absolute atomic E-state index is 0.0804. The lowest BCUT2D eigenvalue weighted by atomic mass is 9.88. The molecule has 3 unspecified atom stereocenters. The van der Waals surface area contributed by atoms with Crippen molar-refractivity contribution in [3.63, 3.8) is 0 Å². The molecule has 0 saturated heterocycles. The summed E-state index contributed by atoms with van der Waals surface area (Å²) in [5, 5.41) is 10.4. The number of benzene rings is 1. The van der Waals surface area contributed by atoms with E-state index in [-0.39, 0.29) is 12.2 Å². The molecule has 1 N–H and O–H groups in total. The quantitative estimate of drug-likeness (QED) is 0.779. The molecule has 1 saturated carbocycles. The monoisotopic (exact) mass is 286 g/mol. The van der Waals surface area contributed by atoms with Gasteiger partial charge in [-0.1, -0.05) is 29.8 Å². The molecule has 106 valence electrons. The van der Waals surface area contributed by atoms with E-state index in [0.717, 1.165) is 5.56 Å². The molecule has 0 radical (unpaired) electrons. The molecule has 2 rings (SSSR count). The van der Waals surface area contributed by atoms with Gasteiger partial charge in [-0.3, -0.25) is 0 Å². The second kappa shape index (κ2) is 7.22. The molecular formula is C14H19ClO4. The Hall–Kier alpha value is -0.650. The summed E-state index contributed by atoms with van der Waals surface area (Å²) >= 11 is 6.06. The van der Waals surface area contributed by atoms with Gasteiger partial charge in [0.1, 0.15) is 6.10 Å². The van der Waals surface area contributed by atoms with E-state index in [1.54, 1.807) is 7.11 Å². The van der Waals surface area contributed by atoms with Crippen molar-refractivity contribution in [2.24, 2.45) is 0 Å². The van der Waals surface area contributed by atoms with E-state index in [1.807, 2.05) is 24.3 Å². The van der Waals surface area contributed by atoms with Crippen molar-refractivity contribution < 1.29 is 19.3 Å². The lowest BCUT2D eigenvalue weighted by Crippen LogP contribution is -2.53. The molecular weight excluding hydrogens is 268 g/mol. The Kier molecular flexibility index (Phi) is 5.60. The van der Waals surface area contributed by atoms with Crippen LogP contribution in [0.15, 0.2) is 24.3 Å². The number of halogens is 1. The highest BCUT2D eigenvalue weighted by atomic mass is 35.5. The maximum Gasteiger partial charge on any atom is 0.110 e. The zero-order valence-corrected chi connectivity index (χ0v) is 11.7. The molecule has 1 aromatic carbocycles. The first-order chi connectivity index (χ1) is 9.22. The van der Waals surface area contributed by atoms with Gasteiger partial charge in [-0.25, -0.2) is 0 Å². The topological polar surface area (TPSA) is 47.9 Å². The molecule has 0 amide bonds. The van der Waals surface area contributed by atoms with Gasteiger partial charge in [0.15, 0.2) is 0 Å². The Balaban J connectivity index is 1.78. The first-order valence-electron chi connectivity index (χ1n) is 6.36. The third-order valence-corrected chi connectivity index (χ3v) is 3.60. The van der Waals surface area contributed by atoms with Crippen LogP contribution in [0.25, 0.3) is 0 Å². The molecule has 1 aliphatic rings. The maximum atomic E-state index is 9.66. The van der Waals surface area contributed by atoms with Crippen LogP contribution in [0.5, 0.6) is 0 Å². The van der Waals surface area contributed by atoms with Gasteiger partial charge in [0.2, 0.25) is 0 Å². The zero-order chi connectivity index (χ0) is 13.7. The lowest BCUT2D eigenvalue weighted by Gasteiger charge is -2.40. The van der Waals surface area contributed by atoms with Crippen molar-refractivity contribution in [2.45, 2.75) is 31.3 Å². The van der Waals surface area contributed by atoms with E-state index in [1.165, 1.54) is 0 Å². The molecule has 4 nitrogen and oxygen atoms in total. The van der Waals surface area contributed by atoms with Gasteiger partial charge in [0.25, 0.3) is 0 Å². The van der Waals surface area contributed by atoms with Crippen LogP contribution in [-0.2, 0) is 20.8 Å². The average molecular weight is 287 g/mol. The Morgan fingerprint density at radius 2 is 2.05 bits per heavy atom. The van der Waals surface area contributed by atoms with Crippen LogP contribution < -0.4 is 0 Å². The van der Waals surface area contributed by atoms with Gasteiger partial charge >= 0.3 is 0 Å². The molecule has 1 fully saturated rings. The standard InChI is InChI=1S/C14H19ClO4/c1-17-6-7-18-14-12(16)8-13(14)19-9-10-4-2-3-5-11(10)15/h2-5,12-14,16H,6-9H2,1H3. The second-order valence-electron chi connectivity index (χ2n) is 4.57. The molecule has 0 aliphatic heterocycles. The maximum absolute atomic E-state index is 9.66. The summed E-state index contributed by atoms with van der Waals surface area (Å²) in [6, 6.07) is 7.57. The van der Waals surface area contributed by atoms with Gasteiger partial charge in [-0.05, 0) is 11.6 Å². The summed E-state index contributed by atoms with van der Waals surface area (Å²) in [4.78, 5) is 0. The van der Waals surface area contributed by atoms with Crippen molar-refractivity contribution in [1.82, 2.24) is 0 Å². The first-order valence-corrected chi connectivity index (χ1v) is 6.73. The smallest absolute Gasteiger partial charge is 0.110 e. The highest BCUT2D eigenvalue weighted by Crippen LogP contribution is 2.29. The molecule has 1 aromatic rings. The predicted molar refractivity (Wildman–Crippen MR) is 72.3 cm³/mol. The van der Waals surface area contributed by atoms with Crippen molar-refractivity contribution in [3.05, 3.63) is 34.9 Å². The summed E-state index contributed by atoms with van der Waals surface area (Å²) in [6.07, 6.45) is -0.198. The van der Waals surface area contributed by atoms with Gasteiger partial charge in [0, 0.05) is 18.6 Å². The second-order valence-corrected chi connectivity index (χ2v) is 4.98. The molecule has 0 aromatic heterocycles. The van der Waals surface area contributed by atoms with Crippen LogP contribution in [0.1, 0.15) is 12.0 Å². The van der Waals surface area contributed by atoms with Crippen LogP contribution in [0.2, 0.25) is 5.02 Å². The Labute approximate surface area is 118 Å². The Morgan fingerprint density at radius 3 is 2.74 bits per heavy atom. The van der Waals surface area contributed by atoms with Gasteiger partial charge in [-0.15, -0.1) is 0 Å². The van der Waals surface area contributed by atoms with E-state index < -0.39 is 6.10 Å². The van der Waals surface area contributed by atoms with E-state index >= 15 is 0 Å². The summed E-state index contributed by atoms with van der Waals surface area (Å²) < 4.78 is 16.2. The molecule has 0 bridgehead atoms. The number of hydrogen-bond donors (Lipinski definition) is 1. The Morgan fingerprint density at radius 1 is 1.26 bits per heavy atom. The SMILES string of the molecule is COCCOC1C(O)CC1OCc1ccccc1Cl. The lowest BCUT2D eigenvalue weighted by molar-refractivity contribution is -0.199. The number of methoxy groups -OCH3 is 1. The molecule has 3 atom stereocenters. The third-order valence-electron chi connectivity index (χ3n) is 3.23. The van der Waals surface area contributed by atoms with Gasteiger partial charge in [0.05, 0.1) is 32.0 Å². The third kappa shape index (κ3) is 3.91. The fraction of sp³-hybridized carbons (Fsp3) is 0.571. The number of ether oxygens (including phenoxy) is 3. The van der Waals surface area contributed by atoms with Crippen LogP contribution in [0.4, 0.5) is 0 Å². The number of aliphatic hydroxyl groups is 1. The highest BCUT2D eigenvalue weighted by Gasteiger charge is 2.41. The minimum atomic E-state index is -0.451. The summed E-state index contributed by atoms with van der Waals surface area (Å²) in [5.41, 5.74) is 0.946. The van der Waals surface area contributed by atoms with Crippen LogP contribution in [0, 0.1) is 0 Å². The summed E-state index contributed by atoms with van der Waals surface area (Å²) in [6.45, 7) is 1.41. The van der Waals surface area contributed by atoms with E-state index in [0.29, 0.717) is 31.3 Å². The first kappa shape index (κ1) is 14.8.